The molecule has 1 aliphatic rings. The van der Waals surface area contributed by atoms with Crippen molar-refractivity contribution in [1.82, 2.24) is 15.2 Å². The molecule has 0 saturated carbocycles. The van der Waals surface area contributed by atoms with E-state index in [1.807, 2.05) is 31.2 Å². The van der Waals surface area contributed by atoms with Crippen molar-refractivity contribution in [1.29, 1.82) is 0 Å². The van der Waals surface area contributed by atoms with Gasteiger partial charge in [0.15, 0.2) is 5.84 Å². The number of aromatic nitrogens is 2. The largest absolute Gasteiger partial charge is 0.497 e. The van der Waals surface area contributed by atoms with Crippen LogP contribution in [0.3, 0.4) is 0 Å². The van der Waals surface area contributed by atoms with Crippen molar-refractivity contribution in [2.24, 2.45) is 10.8 Å². The second-order valence-electron chi connectivity index (χ2n) is 7.46. The quantitative estimate of drug-likeness (QED) is 0.402. The molecule has 34 heavy (non-hydrogen) atoms. The number of hydrogen-bond acceptors (Lipinski definition) is 7. The number of nitrogens with two attached hydrogens (primary N) is 1. The van der Waals surface area contributed by atoms with Gasteiger partial charge in [0.1, 0.15) is 17.2 Å². The third-order valence-electron chi connectivity index (χ3n) is 5.20. The number of carbonyl (C=O) groups excluding carboxylic acids is 1. The van der Waals surface area contributed by atoms with Gasteiger partial charge >= 0.3 is 0 Å². The monoisotopic (exact) mass is 456 g/mol. The maximum atomic E-state index is 11.6. The number of benzene rings is 2. The van der Waals surface area contributed by atoms with Crippen molar-refractivity contribution >= 4 is 17.4 Å². The fraction of sp³-hybridized carbons (Fsp3) is 0.160. The maximum Gasteiger partial charge on any atom is 0.247 e. The van der Waals surface area contributed by atoms with E-state index in [0.717, 1.165) is 11.4 Å². The van der Waals surface area contributed by atoms with Gasteiger partial charge in [0, 0.05) is 17.3 Å². The van der Waals surface area contributed by atoms with Gasteiger partial charge in [0.25, 0.3) is 0 Å². The second kappa shape index (κ2) is 9.42. The van der Waals surface area contributed by atoms with Crippen LogP contribution in [-0.4, -0.2) is 35.7 Å². The number of hydrazone groups is 1. The number of fused-ring (bicyclic) bond motifs is 1. The van der Waals surface area contributed by atoms with Crippen LogP contribution in [0.2, 0.25) is 0 Å². The zero-order chi connectivity index (χ0) is 24.2. The lowest BCUT2D eigenvalue weighted by Crippen LogP contribution is -2.29. The SMILES string of the molecule is C=CC(=O)Nc1ccc(-n2nc3c(c2C#Cc2cc(OC)cc(OC)c2)C(N)=NNC3C)cc1. The third-order valence-corrected chi connectivity index (χ3v) is 5.20. The van der Waals surface area contributed by atoms with Crippen LogP contribution in [0.15, 0.2) is 60.2 Å². The van der Waals surface area contributed by atoms with E-state index in [0.29, 0.717) is 39.8 Å². The van der Waals surface area contributed by atoms with Crippen molar-refractivity contribution in [2.45, 2.75) is 13.0 Å². The highest BCUT2D eigenvalue weighted by atomic mass is 16.5. The van der Waals surface area contributed by atoms with E-state index in [4.69, 9.17) is 20.3 Å². The Morgan fingerprint density at radius 1 is 1.18 bits per heavy atom. The van der Waals surface area contributed by atoms with Gasteiger partial charge in [-0.25, -0.2) is 4.68 Å². The molecule has 9 heteroatoms. The minimum absolute atomic E-state index is 0.146. The number of amides is 1. The summed E-state index contributed by atoms with van der Waals surface area (Å²) in [4.78, 5) is 11.6. The Labute approximate surface area is 197 Å². The Morgan fingerprint density at radius 2 is 1.85 bits per heavy atom. The van der Waals surface area contributed by atoms with Gasteiger partial charge in [-0.15, -0.1) is 0 Å². The first kappa shape index (κ1) is 22.5. The molecule has 2 aromatic carbocycles. The zero-order valence-corrected chi connectivity index (χ0v) is 19.0. The first-order valence-corrected chi connectivity index (χ1v) is 10.4. The fourth-order valence-corrected chi connectivity index (χ4v) is 3.47. The topological polar surface area (TPSA) is 116 Å². The van der Waals surface area contributed by atoms with Gasteiger partial charge in [0.05, 0.1) is 37.2 Å². The summed E-state index contributed by atoms with van der Waals surface area (Å²) in [5, 5.41) is 11.7. The van der Waals surface area contributed by atoms with E-state index in [-0.39, 0.29) is 11.9 Å². The van der Waals surface area contributed by atoms with Crippen molar-refractivity contribution in [2.75, 3.05) is 19.5 Å². The molecular formula is C25H24N6O3. The number of hydrogen-bond donors (Lipinski definition) is 3. The number of nitrogens with one attached hydrogen (secondary N) is 2. The summed E-state index contributed by atoms with van der Waals surface area (Å²) in [7, 11) is 3.17. The van der Waals surface area contributed by atoms with Crippen LogP contribution in [0.5, 0.6) is 11.5 Å². The average Bonchev–Trinajstić information content (AvgIpc) is 3.26. The Balaban J connectivity index is 1.82. The Hall–Kier alpha value is -4.71. The molecule has 4 N–H and O–H groups in total. The molecule has 9 nitrogen and oxygen atoms in total. The normalized spacial score (nSPS) is 14.0. The lowest BCUT2D eigenvalue weighted by Gasteiger charge is -2.16. The standard InChI is InChI=1S/C25H24N6O3/c1-5-22(32)27-17-7-9-18(10-8-17)31-21(23-24(30-31)15(2)28-29-25(23)26)11-6-16-12-19(33-3)14-20(13-16)34-4/h5,7-10,12-15,28H,1H2,2-4H3,(H2,26,29)(H,27,32). The Bertz CT molecular complexity index is 1320. The number of rotatable bonds is 5. The van der Waals surface area contributed by atoms with Crippen LogP contribution >= 0.6 is 0 Å². The van der Waals surface area contributed by atoms with Gasteiger partial charge in [-0.2, -0.15) is 10.2 Å². The minimum atomic E-state index is -0.286. The molecular weight excluding hydrogens is 432 g/mol. The fourth-order valence-electron chi connectivity index (χ4n) is 3.47. The number of amidine groups is 1. The van der Waals surface area contributed by atoms with Gasteiger partial charge in [-0.1, -0.05) is 12.5 Å². The van der Waals surface area contributed by atoms with E-state index in [1.54, 1.807) is 37.1 Å². The molecule has 2 heterocycles. The number of nitrogens with zero attached hydrogens (tertiary/aromatic N) is 3. The van der Waals surface area contributed by atoms with Crippen LogP contribution in [0, 0.1) is 11.8 Å². The highest BCUT2D eigenvalue weighted by Crippen LogP contribution is 2.27. The molecule has 0 saturated heterocycles. The first-order valence-electron chi connectivity index (χ1n) is 10.4. The first-order chi connectivity index (χ1) is 16.4. The smallest absolute Gasteiger partial charge is 0.247 e. The van der Waals surface area contributed by atoms with E-state index in [2.05, 4.69) is 34.3 Å². The molecule has 0 aliphatic carbocycles. The predicted molar refractivity (Wildman–Crippen MR) is 130 cm³/mol. The molecule has 1 unspecified atom stereocenters. The van der Waals surface area contributed by atoms with E-state index in [9.17, 15) is 4.79 Å². The molecule has 0 fully saturated rings. The van der Waals surface area contributed by atoms with Crippen molar-refractivity contribution in [3.8, 4) is 29.0 Å². The summed E-state index contributed by atoms with van der Waals surface area (Å²) in [5.41, 5.74) is 13.3. The van der Waals surface area contributed by atoms with Crippen LogP contribution in [0.4, 0.5) is 5.69 Å². The van der Waals surface area contributed by atoms with Gasteiger partial charge < -0.3 is 20.5 Å². The van der Waals surface area contributed by atoms with Gasteiger partial charge in [-0.05, 0) is 55.3 Å². The maximum absolute atomic E-state index is 11.6. The van der Waals surface area contributed by atoms with E-state index >= 15 is 0 Å². The number of anilines is 1. The third kappa shape index (κ3) is 4.42. The van der Waals surface area contributed by atoms with Crippen molar-refractivity contribution in [3.05, 3.63) is 77.6 Å². The molecule has 0 radical (unpaired) electrons. The lowest BCUT2D eigenvalue weighted by atomic mass is 10.1. The van der Waals surface area contributed by atoms with Gasteiger partial charge in [-0.3, -0.25) is 10.2 Å². The minimum Gasteiger partial charge on any atom is -0.497 e. The van der Waals surface area contributed by atoms with E-state index < -0.39 is 0 Å². The number of carbonyl (C=O) groups is 1. The summed E-state index contributed by atoms with van der Waals surface area (Å²) in [6, 6.07) is 12.5. The van der Waals surface area contributed by atoms with Crippen LogP contribution < -0.4 is 25.9 Å². The van der Waals surface area contributed by atoms with Crippen molar-refractivity contribution < 1.29 is 14.3 Å². The van der Waals surface area contributed by atoms with Crippen LogP contribution in [0.25, 0.3) is 5.69 Å². The molecule has 172 valence electrons. The van der Waals surface area contributed by atoms with Crippen LogP contribution in [0.1, 0.15) is 35.5 Å². The molecule has 1 atom stereocenters. The van der Waals surface area contributed by atoms with E-state index in [1.165, 1.54) is 6.08 Å². The highest BCUT2D eigenvalue weighted by molar-refractivity contribution is 6.01. The van der Waals surface area contributed by atoms with Crippen LogP contribution in [-0.2, 0) is 4.79 Å². The number of ether oxygens (including phenoxy) is 2. The molecule has 0 bridgehead atoms. The summed E-state index contributed by atoms with van der Waals surface area (Å²) in [5.74, 6) is 7.67. The molecule has 3 aromatic rings. The Morgan fingerprint density at radius 3 is 2.47 bits per heavy atom. The molecule has 4 rings (SSSR count). The second-order valence-corrected chi connectivity index (χ2v) is 7.46. The Kier molecular flexibility index (Phi) is 6.23. The summed E-state index contributed by atoms with van der Waals surface area (Å²) >= 11 is 0. The average molecular weight is 457 g/mol. The molecule has 1 aromatic heterocycles. The highest BCUT2D eigenvalue weighted by Gasteiger charge is 2.27. The zero-order valence-electron chi connectivity index (χ0n) is 19.0. The summed E-state index contributed by atoms with van der Waals surface area (Å²) in [6.45, 7) is 5.41. The number of methoxy groups -OCH3 is 2. The predicted octanol–water partition coefficient (Wildman–Crippen LogP) is 2.70. The van der Waals surface area contributed by atoms with Crippen molar-refractivity contribution in [3.63, 3.8) is 0 Å². The molecule has 1 aliphatic heterocycles. The summed E-state index contributed by atoms with van der Waals surface area (Å²) < 4.78 is 12.4. The van der Waals surface area contributed by atoms with Gasteiger partial charge in [0.2, 0.25) is 5.91 Å². The summed E-state index contributed by atoms with van der Waals surface area (Å²) in [6.07, 6.45) is 1.22. The molecule has 1 amide bonds. The lowest BCUT2D eigenvalue weighted by molar-refractivity contribution is -0.111. The molecule has 0 spiro atoms.